The Bertz CT molecular complexity index is 681. The molecule has 0 spiro atoms. The van der Waals surface area contributed by atoms with Gasteiger partial charge < -0.3 is 4.84 Å². The molecule has 0 aromatic heterocycles. The summed E-state index contributed by atoms with van der Waals surface area (Å²) < 4.78 is 24.7. The topological polar surface area (TPSA) is 55.7 Å². The highest BCUT2D eigenvalue weighted by Gasteiger charge is 2.36. The van der Waals surface area contributed by atoms with Gasteiger partial charge in [-0.2, -0.15) is 0 Å². The lowest BCUT2D eigenvalue weighted by molar-refractivity contribution is 0.0123. The van der Waals surface area contributed by atoms with Gasteiger partial charge in [0.2, 0.25) is 0 Å². The monoisotopic (exact) mass is 335 g/mol. The van der Waals surface area contributed by atoms with Crippen LogP contribution in [0.5, 0.6) is 0 Å². The third-order valence-corrected chi connectivity index (χ3v) is 5.39. The van der Waals surface area contributed by atoms with Gasteiger partial charge in [0.15, 0.2) is 14.9 Å². The van der Waals surface area contributed by atoms with Crippen molar-refractivity contribution < 1.29 is 13.3 Å². The molecular weight excluding hydrogens is 321 g/mol. The molecule has 1 aliphatic heterocycles. The zero-order chi connectivity index (χ0) is 15.1. The number of hydrogen-bond acceptors (Lipinski definition) is 4. The number of hydrogen-bond donors (Lipinski definition) is 0. The van der Waals surface area contributed by atoms with Gasteiger partial charge in [0.25, 0.3) is 0 Å². The minimum absolute atomic E-state index is 0.0512. The summed E-state index contributed by atoms with van der Waals surface area (Å²) in [4.78, 5) is 5.10. The van der Waals surface area contributed by atoms with Crippen molar-refractivity contribution in [1.29, 1.82) is 0 Å². The maximum atomic E-state index is 12.3. The van der Waals surface area contributed by atoms with Crippen molar-refractivity contribution in [1.82, 2.24) is 0 Å². The second-order valence-electron chi connectivity index (χ2n) is 5.46. The lowest BCUT2D eigenvalue weighted by Gasteiger charge is -2.13. The lowest BCUT2D eigenvalue weighted by atomic mass is 10.1. The van der Waals surface area contributed by atoms with E-state index in [1.807, 2.05) is 6.92 Å². The van der Waals surface area contributed by atoms with Gasteiger partial charge in [0.1, 0.15) is 5.60 Å². The van der Waals surface area contributed by atoms with Gasteiger partial charge in [-0.25, -0.2) is 8.42 Å². The van der Waals surface area contributed by atoms with Crippen LogP contribution in [0, 0.1) is 6.92 Å². The van der Waals surface area contributed by atoms with Gasteiger partial charge in [0.05, 0.1) is 5.75 Å². The van der Waals surface area contributed by atoms with Crippen LogP contribution in [-0.4, -0.2) is 19.1 Å². The van der Waals surface area contributed by atoms with Gasteiger partial charge in [-0.05, 0) is 44.0 Å². The van der Waals surface area contributed by atoms with Crippen LogP contribution in [0.2, 0.25) is 10.0 Å². The van der Waals surface area contributed by atoms with E-state index < -0.39 is 15.4 Å². The number of oxime groups is 1. The first-order valence-corrected chi connectivity index (χ1v) is 8.44. The minimum Gasteiger partial charge on any atom is -0.389 e. The molecule has 7 heteroatoms. The van der Waals surface area contributed by atoms with E-state index in [4.69, 9.17) is 28.0 Å². The van der Waals surface area contributed by atoms with E-state index in [1.165, 1.54) is 0 Å². The van der Waals surface area contributed by atoms with Crippen LogP contribution in [-0.2, 0) is 20.4 Å². The maximum Gasteiger partial charge on any atom is 0.199 e. The van der Waals surface area contributed by atoms with Gasteiger partial charge in [-0.3, -0.25) is 0 Å². The Kier molecular flexibility index (Phi) is 4.06. The molecule has 0 saturated heterocycles. The number of nitrogens with zero attached hydrogens (tertiary/aromatic N) is 1. The molecule has 4 nitrogen and oxygen atoms in total. The van der Waals surface area contributed by atoms with Crippen molar-refractivity contribution in [2.24, 2.45) is 5.16 Å². The number of rotatable bonds is 2. The van der Waals surface area contributed by atoms with Crippen LogP contribution in [0.3, 0.4) is 0 Å². The maximum absolute atomic E-state index is 12.3. The molecule has 0 bridgehead atoms. The van der Waals surface area contributed by atoms with Gasteiger partial charge in [-0.15, -0.1) is 0 Å². The summed E-state index contributed by atoms with van der Waals surface area (Å²) in [6.45, 7) is 5.38. The zero-order valence-electron chi connectivity index (χ0n) is 11.4. The first-order valence-electron chi connectivity index (χ1n) is 6.03. The Morgan fingerprint density at radius 1 is 1.30 bits per heavy atom. The molecule has 1 heterocycles. The highest BCUT2D eigenvalue weighted by Crippen LogP contribution is 2.29. The van der Waals surface area contributed by atoms with Crippen molar-refractivity contribution in [2.75, 3.05) is 0 Å². The number of aryl methyl sites for hydroxylation is 1. The fourth-order valence-corrected chi connectivity index (χ4v) is 3.94. The quantitative estimate of drug-likeness (QED) is 0.827. The third-order valence-electron chi connectivity index (χ3n) is 3.00. The van der Waals surface area contributed by atoms with Crippen molar-refractivity contribution in [3.8, 4) is 0 Å². The third kappa shape index (κ3) is 3.27. The molecule has 1 aromatic rings. The Balaban J connectivity index is 2.28. The van der Waals surface area contributed by atoms with E-state index in [-0.39, 0.29) is 17.2 Å². The summed E-state index contributed by atoms with van der Waals surface area (Å²) >= 11 is 12.1. The zero-order valence-corrected chi connectivity index (χ0v) is 13.7. The molecule has 0 saturated carbocycles. The van der Waals surface area contributed by atoms with E-state index in [2.05, 4.69) is 5.16 Å². The van der Waals surface area contributed by atoms with Crippen molar-refractivity contribution in [3.63, 3.8) is 0 Å². The van der Waals surface area contributed by atoms with Crippen LogP contribution in [0.1, 0.15) is 31.4 Å². The molecule has 0 amide bonds. The second-order valence-corrected chi connectivity index (χ2v) is 8.27. The van der Waals surface area contributed by atoms with Crippen LogP contribution in [0.25, 0.3) is 0 Å². The summed E-state index contributed by atoms with van der Waals surface area (Å²) in [5, 5.41) is 4.60. The molecule has 1 aromatic carbocycles. The number of sulfone groups is 1. The Morgan fingerprint density at radius 3 is 2.50 bits per heavy atom. The van der Waals surface area contributed by atoms with Crippen molar-refractivity contribution in [2.45, 2.75) is 38.5 Å². The summed E-state index contributed by atoms with van der Waals surface area (Å²) in [5.41, 5.74) is 0.687. The van der Waals surface area contributed by atoms with Gasteiger partial charge in [0, 0.05) is 16.5 Å². The molecule has 20 heavy (non-hydrogen) atoms. The standard InChI is InChI=1S/C13H15Cl2NO3S/c1-8-4-11(15)9(5-10(8)14)7-20(17,18)12-6-13(2,3)19-16-12/h4-5H,6-7H2,1-3H3. The van der Waals surface area contributed by atoms with E-state index >= 15 is 0 Å². The van der Waals surface area contributed by atoms with Gasteiger partial charge >= 0.3 is 0 Å². The first kappa shape index (κ1) is 15.6. The predicted molar refractivity (Wildman–Crippen MR) is 81.0 cm³/mol. The molecule has 0 unspecified atom stereocenters. The molecule has 2 rings (SSSR count). The molecule has 110 valence electrons. The van der Waals surface area contributed by atoms with Crippen LogP contribution in [0.4, 0.5) is 0 Å². The fraction of sp³-hybridized carbons (Fsp3) is 0.462. The summed E-state index contributed by atoms with van der Waals surface area (Å²) in [7, 11) is -3.55. The molecular formula is C13H15Cl2NO3S. The van der Waals surface area contributed by atoms with Crippen LogP contribution >= 0.6 is 23.2 Å². The Labute approximate surface area is 128 Å². The van der Waals surface area contributed by atoms with E-state index in [1.54, 1.807) is 26.0 Å². The van der Waals surface area contributed by atoms with Crippen LogP contribution in [0.15, 0.2) is 17.3 Å². The first-order chi connectivity index (χ1) is 9.11. The van der Waals surface area contributed by atoms with Crippen LogP contribution < -0.4 is 0 Å². The molecule has 0 fully saturated rings. The average molecular weight is 336 g/mol. The highest BCUT2D eigenvalue weighted by molar-refractivity contribution is 8.05. The number of halogens is 2. The molecule has 0 N–H and O–H groups in total. The second kappa shape index (κ2) is 5.20. The fourth-order valence-electron chi connectivity index (χ4n) is 1.86. The number of benzene rings is 1. The lowest BCUT2D eigenvalue weighted by Crippen LogP contribution is -2.23. The van der Waals surface area contributed by atoms with E-state index in [9.17, 15) is 8.42 Å². The minimum atomic E-state index is -3.55. The molecule has 0 radical (unpaired) electrons. The summed E-state index contributed by atoms with van der Waals surface area (Å²) in [6.07, 6.45) is 0.256. The Morgan fingerprint density at radius 2 is 1.95 bits per heavy atom. The highest BCUT2D eigenvalue weighted by atomic mass is 35.5. The summed E-state index contributed by atoms with van der Waals surface area (Å²) in [6, 6.07) is 3.24. The normalized spacial score (nSPS) is 17.8. The van der Waals surface area contributed by atoms with Gasteiger partial charge in [-0.1, -0.05) is 28.4 Å². The van der Waals surface area contributed by atoms with Crippen molar-refractivity contribution in [3.05, 3.63) is 33.3 Å². The summed E-state index contributed by atoms with van der Waals surface area (Å²) in [5.74, 6) is -0.232. The Hall–Kier alpha value is -0.780. The SMILES string of the molecule is Cc1cc(Cl)c(CS(=O)(=O)C2=NOC(C)(C)C2)cc1Cl. The smallest absolute Gasteiger partial charge is 0.199 e. The van der Waals surface area contributed by atoms with E-state index in [0.717, 1.165) is 5.56 Å². The molecule has 1 aliphatic rings. The van der Waals surface area contributed by atoms with Crippen molar-refractivity contribution >= 4 is 38.1 Å². The largest absolute Gasteiger partial charge is 0.389 e. The molecule has 0 aliphatic carbocycles. The average Bonchev–Trinajstić information content (AvgIpc) is 2.67. The van der Waals surface area contributed by atoms with E-state index in [0.29, 0.717) is 15.6 Å². The predicted octanol–water partition coefficient (Wildman–Crippen LogP) is 3.73. The molecule has 0 atom stereocenters.